The first-order valence-corrected chi connectivity index (χ1v) is 5.29. The molecule has 1 N–H and O–H groups in total. The highest BCUT2D eigenvalue weighted by molar-refractivity contribution is 5.15. The second-order valence-electron chi connectivity index (χ2n) is 3.67. The van der Waals surface area contributed by atoms with E-state index in [9.17, 15) is 0 Å². The van der Waals surface area contributed by atoms with Gasteiger partial charge < -0.3 is 9.88 Å². The van der Waals surface area contributed by atoms with Crippen molar-refractivity contribution in [1.29, 1.82) is 0 Å². The van der Waals surface area contributed by atoms with E-state index in [2.05, 4.69) is 27.5 Å². The van der Waals surface area contributed by atoms with Crippen LogP contribution in [0.2, 0.25) is 0 Å². The van der Waals surface area contributed by atoms with Crippen LogP contribution in [0.5, 0.6) is 0 Å². The summed E-state index contributed by atoms with van der Waals surface area (Å²) in [4.78, 5) is 4.36. The van der Waals surface area contributed by atoms with Crippen molar-refractivity contribution in [2.45, 2.75) is 13.0 Å². The second-order valence-corrected chi connectivity index (χ2v) is 3.67. The molecule has 6 heteroatoms. The van der Waals surface area contributed by atoms with Gasteiger partial charge in [-0.15, -0.1) is 5.10 Å². The molecule has 2 aromatic rings. The lowest BCUT2D eigenvalue weighted by Crippen LogP contribution is -2.26. The number of aryl methyl sites for hydroxylation is 2. The summed E-state index contributed by atoms with van der Waals surface area (Å²) in [6.07, 6.45) is 5.49. The highest BCUT2D eigenvalue weighted by Crippen LogP contribution is 2.18. The molecule has 0 aliphatic heterocycles. The fourth-order valence-electron chi connectivity index (χ4n) is 1.75. The Hall–Kier alpha value is -1.69. The molecule has 0 aromatic carbocycles. The van der Waals surface area contributed by atoms with Gasteiger partial charge >= 0.3 is 0 Å². The minimum Gasteiger partial charge on any atom is -0.336 e. The van der Waals surface area contributed by atoms with E-state index in [-0.39, 0.29) is 6.04 Å². The molecule has 2 aromatic heterocycles. The Kier molecular flexibility index (Phi) is 3.00. The van der Waals surface area contributed by atoms with Gasteiger partial charge in [0, 0.05) is 26.5 Å². The van der Waals surface area contributed by atoms with Crippen molar-refractivity contribution < 1.29 is 0 Å². The first-order valence-electron chi connectivity index (χ1n) is 5.29. The summed E-state index contributed by atoms with van der Waals surface area (Å²) in [5, 5.41) is 11.2. The maximum Gasteiger partial charge on any atom is 0.131 e. The van der Waals surface area contributed by atoms with E-state index >= 15 is 0 Å². The van der Waals surface area contributed by atoms with Crippen LogP contribution in [-0.4, -0.2) is 31.1 Å². The van der Waals surface area contributed by atoms with Crippen LogP contribution >= 0.6 is 0 Å². The molecule has 0 spiro atoms. The summed E-state index contributed by atoms with van der Waals surface area (Å²) in [5.41, 5.74) is 1.01. The van der Waals surface area contributed by atoms with Gasteiger partial charge in [0.1, 0.15) is 11.9 Å². The van der Waals surface area contributed by atoms with Crippen molar-refractivity contribution in [1.82, 2.24) is 29.9 Å². The summed E-state index contributed by atoms with van der Waals surface area (Å²) in [6.45, 7) is 2.93. The predicted molar refractivity (Wildman–Crippen MR) is 59.7 cm³/mol. The quantitative estimate of drug-likeness (QED) is 0.802. The molecule has 86 valence electrons. The Balaban J connectivity index is 2.39. The zero-order valence-electron chi connectivity index (χ0n) is 9.75. The fourth-order valence-corrected chi connectivity index (χ4v) is 1.75. The predicted octanol–water partition coefficient (Wildman–Crippen LogP) is 0.247. The van der Waals surface area contributed by atoms with Crippen LogP contribution in [0.3, 0.4) is 0 Å². The van der Waals surface area contributed by atoms with E-state index in [1.807, 2.05) is 24.9 Å². The third-order valence-electron chi connectivity index (χ3n) is 2.57. The van der Waals surface area contributed by atoms with Crippen molar-refractivity contribution in [3.05, 3.63) is 30.1 Å². The van der Waals surface area contributed by atoms with Gasteiger partial charge in [0.2, 0.25) is 0 Å². The number of nitrogens with one attached hydrogen (secondary N) is 1. The lowest BCUT2D eigenvalue weighted by molar-refractivity contribution is 0.532. The van der Waals surface area contributed by atoms with Gasteiger partial charge in [0.15, 0.2) is 0 Å². The average molecular weight is 220 g/mol. The van der Waals surface area contributed by atoms with E-state index in [4.69, 9.17) is 0 Å². The van der Waals surface area contributed by atoms with Crippen molar-refractivity contribution in [3.8, 4) is 0 Å². The van der Waals surface area contributed by atoms with Crippen molar-refractivity contribution in [2.75, 3.05) is 6.54 Å². The van der Waals surface area contributed by atoms with Gasteiger partial charge in [0.25, 0.3) is 0 Å². The monoisotopic (exact) mass is 220 g/mol. The Bertz CT molecular complexity index is 417. The van der Waals surface area contributed by atoms with Crippen molar-refractivity contribution in [2.24, 2.45) is 14.1 Å². The molecule has 16 heavy (non-hydrogen) atoms. The van der Waals surface area contributed by atoms with Crippen LogP contribution in [-0.2, 0) is 14.1 Å². The Morgan fingerprint density at radius 3 is 2.75 bits per heavy atom. The number of nitrogens with zero attached hydrogens (tertiary/aromatic N) is 5. The molecule has 1 atom stereocenters. The van der Waals surface area contributed by atoms with Crippen molar-refractivity contribution >= 4 is 0 Å². The second kappa shape index (κ2) is 4.44. The first kappa shape index (κ1) is 10.8. The van der Waals surface area contributed by atoms with Gasteiger partial charge in [-0.2, -0.15) is 0 Å². The van der Waals surface area contributed by atoms with Crippen LogP contribution in [0.1, 0.15) is 24.5 Å². The maximum absolute atomic E-state index is 4.36. The largest absolute Gasteiger partial charge is 0.336 e. The lowest BCUT2D eigenvalue weighted by Gasteiger charge is -2.17. The van der Waals surface area contributed by atoms with E-state index in [1.165, 1.54) is 0 Å². The molecule has 2 heterocycles. The molecule has 0 aliphatic rings. The van der Waals surface area contributed by atoms with Gasteiger partial charge in [-0.05, 0) is 6.54 Å². The average Bonchev–Trinajstić information content (AvgIpc) is 2.84. The number of aromatic nitrogens is 5. The summed E-state index contributed by atoms with van der Waals surface area (Å²) < 4.78 is 3.77. The molecule has 0 fully saturated rings. The first-order chi connectivity index (χ1) is 7.74. The van der Waals surface area contributed by atoms with Crippen LogP contribution in [0.25, 0.3) is 0 Å². The topological polar surface area (TPSA) is 60.6 Å². The van der Waals surface area contributed by atoms with Crippen LogP contribution < -0.4 is 5.32 Å². The molecule has 6 nitrogen and oxygen atoms in total. The minimum absolute atomic E-state index is 0.0324. The molecule has 0 saturated carbocycles. The number of imidazole rings is 1. The summed E-state index contributed by atoms with van der Waals surface area (Å²) in [6, 6.07) is 0.0324. The van der Waals surface area contributed by atoms with Crippen LogP contribution in [0.15, 0.2) is 18.6 Å². The van der Waals surface area contributed by atoms with Gasteiger partial charge in [0.05, 0.1) is 11.9 Å². The zero-order chi connectivity index (χ0) is 11.5. The molecule has 0 amide bonds. The SMILES string of the molecule is CCNC(c1nccn1C)c1cnnn1C. The number of rotatable bonds is 4. The van der Waals surface area contributed by atoms with E-state index in [0.717, 1.165) is 18.1 Å². The Morgan fingerprint density at radius 2 is 2.25 bits per heavy atom. The van der Waals surface area contributed by atoms with Crippen LogP contribution in [0.4, 0.5) is 0 Å². The maximum atomic E-state index is 4.36. The molecule has 0 aliphatic carbocycles. The summed E-state index contributed by atoms with van der Waals surface area (Å²) in [5.74, 6) is 0.965. The number of hydrogen-bond donors (Lipinski definition) is 1. The molecular formula is C10H16N6. The highest BCUT2D eigenvalue weighted by Gasteiger charge is 2.20. The third-order valence-corrected chi connectivity index (χ3v) is 2.57. The summed E-state index contributed by atoms with van der Waals surface area (Å²) >= 11 is 0. The Labute approximate surface area is 94.3 Å². The smallest absolute Gasteiger partial charge is 0.131 e. The van der Waals surface area contributed by atoms with Crippen LogP contribution in [0, 0.1) is 0 Å². The number of hydrogen-bond acceptors (Lipinski definition) is 4. The molecule has 0 bridgehead atoms. The van der Waals surface area contributed by atoms with E-state index in [1.54, 1.807) is 17.1 Å². The summed E-state index contributed by atoms with van der Waals surface area (Å²) in [7, 11) is 3.87. The Morgan fingerprint density at radius 1 is 1.44 bits per heavy atom. The molecular weight excluding hydrogens is 204 g/mol. The highest BCUT2D eigenvalue weighted by atomic mass is 15.4. The van der Waals surface area contributed by atoms with E-state index < -0.39 is 0 Å². The van der Waals surface area contributed by atoms with E-state index in [0.29, 0.717) is 0 Å². The normalized spacial score (nSPS) is 12.9. The lowest BCUT2D eigenvalue weighted by atomic mass is 10.2. The minimum atomic E-state index is 0.0324. The molecule has 1 unspecified atom stereocenters. The van der Waals surface area contributed by atoms with Gasteiger partial charge in [-0.1, -0.05) is 12.1 Å². The molecule has 0 saturated heterocycles. The van der Waals surface area contributed by atoms with Gasteiger partial charge in [-0.25, -0.2) is 4.98 Å². The van der Waals surface area contributed by atoms with Crippen molar-refractivity contribution in [3.63, 3.8) is 0 Å². The van der Waals surface area contributed by atoms with Gasteiger partial charge in [-0.3, -0.25) is 4.68 Å². The standard InChI is InChI=1S/C10H16N6/c1-4-11-9(8-7-13-14-16(8)3)10-12-5-6-15(10)2/h5-7,9,11H,4H2,1-3H3. The molecule has 0 radical (unpaired) electrons. The third kappa shape index (κ3) is 1.83. The zero-order valence-corrected chi connectivity index (χ0v) is 9.75. The fraction of sp³-hybridized carbons (Fsp3) is 0.500. The molecule has 2 rings (SSSR count).